The Balaban J connectivity index is 2.29. The van der Waals surface area contributed by atoms with Crippen molar-refractivity contribution in [2.45, 2.75) is 13.0 Å². The second kappa shape index (κ2) is 3.42. The third kappa shape index (κ3) is 1.63. The molecule has 1 aromatic heterocycles. The molecule has 0 aromatic carbocycles. The number of carboxylic acid groups (broad SMARTS) is 1. The molecule has 0 unspecified atom stereocenters. The normalized spacial score (nSPS) is 15.1. The van der Waals surface area contributed by atoms with Crippen LogP contribution in [0.3, 0.4) is 0 Å². The number of hydrogen-bond acceptors (Lipinski definition) is 3. The van der Waals surface area contributed by atoms with Crippen LogP contribution in [0.2, 0.25) is 5.15 Å². The molecule has 6 heteroatoms. The summed E-state index contributed by atoms with van der Waals surface area (Å²) < 4.78 is 0. The Kier molecular flexibility index (Phi) is 2.25. The molecule has 1 amide bonds. The van der Waals surface area contributed by atoms with Crippen molar-refractivity contribution in [2.75, 3.05) is 6.54 Å². The number of rotatable bonds is 0. The zero-order valence-electron chi connectivity index (χ0n) is 7.27. The van der Waals surface area contributed by atoms with Gasteiger partial charge >= 0.3 is 6.09 Å². The van der Waals surface area contributed by atoms with Crippen molar-refractivity contribution >= 4 is 17.7 Å². The third-order valence-corrected chi connectivity index (χ3v) is 2.37. The van der Waals surface area contributed by atoms with E-state index in [2.05, 4.69) is 10.2 Å². The lowest BCUT2D eigenvalue weighted by atomic mass is 10.1. The molecule has 0 radical (unpaired) electrons. The molecule has 0 spiro atoms. The summed E-state index contributed by atoms with van der Waals surface area (Å²) in [5.41, 5.74) is 1.69. The van der Waals surface area contributed by atoms with Gasteiger partial charge in [-0.1, -0.05) is 11.6 Å². The molecule has 5 nitrogen and oxygen atoms in total. The summed E-state index contributed by atoms with van der Waals surface area (Å²) in [6.07, 6.45) is -0.310. The van der Waals surface area contributed by atoms with E-state index in [9.17, 15) is 4.79 Å². The lowest BCUT2D eigenvalue weighted by molar-refractivity contribution is 0.139. The van der Waals surface area contributed by atoms with Gasteiger partial charge in [-0.25, -0.2) is 4.79 Å². The van der Waals surface area contributed by atoms with Gasteiger partial charge in [0.05, 0.1) is 12.2 Å². The van der Waals surface area contributed by atoms with Gasteiger partial charge < -0.3 is 10.0 Å². The van der Waals surface area contributed by atoms with Crippen LogP contribution in [-0.4, -0.2) is 32.8 Å². The summed E-state index contributed by atoms with van der Waals surface area (Å²) >= 11 is 5.66. The van der Waals surface area contributed by atoms with Gasteiger partial charge in [0.2, 0.25) is 0 Å². The molecule has 0 saturated heterocycles. The molecule has 1 aliphatic rings. The van der Waals surface area contributed by atoms with Crippen LogP contribution in [0.1, 0.15) is 11.3 Å². The summed E-state index contributed by atoms with van der Waals surface area (Å²) in [7, 11) is 0. The Bertz CT molecular complexity index is 383. The number of fused-ring (bicyclic) bond motifs is 1. The van der Waals surface area contributed by atoms with Crippen LogP contribution in [0.25, 0.3) is 0 Å². The second-order valence-corrected chi connectivity index (χ2v) is 3.48. The van der Waals surface area contributed by atoms with Gasteiger partial charge in [-0.2, -0.15) is 5.10 Å². The van der Waals surface area contributed by atoms with Gasteiger partial charge in [0.15, 0.2) is 5.15 Å². The van der Waals surface area contributed by atoms with Crippen molar-refractivity contribution in [2.24, 2.45) is 0 Å². The fraction of sp³-hybridized carbons (Fsp3) is 0.375. The fourth-order valence-corrected chi connectivity index (χ4v) is 1.63. The van der Waals surface area contributed by atoms with Crippen molar-refractivity contribution < 1.29 is 9.90 Å². The van der Waals surface area contributed by atoms with Crippen molar-refractivity contribution in [1.82, 2.24) is 15.1 Å². The third-order valence-electron chi connectivity index (χ3n) is 2.18. The Morgan fingerprint density at radius 2 is 2.36 bits per heavy atom. The van der Waals surface area contributed by atoms with Crippen molar-refractivity contribution in [3.05, 3.63) is 22.5 Å². The van der Waals surface area contributed by atoms with Crippen LogP contribution >= 0.6 is 11.6 Å². The van der Waals surface area contributed by atoms with E-state index in [0.717, 1.165) is 11.3 Å². The maximum atomic E-state index is 10.7. The molecule has 74 valence electrons. The standard InChI is InChI=1S/C8H8ClN3O2/c9-7-3-5-4-12(8(13)14)2-1-6(5)10-11-7/h3H,1-2,4H2,(H,13,14). The molecule has 2 rings (SSSR count). The average Bonchev–Trinajstić information content (AvgIpc) is 2.16. The van der Waals surface area contributed by atoms with E-state index >= 15 is 0 Å². The van der Waals surface area contributed by atoms with E-state index in [0.29, 0.717) is 24.7 Å². The smallest absolute Gasteiger partial charge is 0.407 e. The van der Waals surface area contributed by atoms with Gasteiger partial charge in [0.1, 0.15) is 0 Å². The summed E-state index contributed by atoms with van der Waals surface area (Å²) in [6.45, 7) is 0.818. The molecule has 2 heterocycles. The van der Waals surface area contributed by atoms with E-state index in [4.69, 9.17) is 16.7 Å². The zero-order chi connectivity index (χ0) is 10.1. The molecule has 0 fully saturated rings. The Morgan fingerprint density at radius 3 is 3.07 bits per heavy atom. The van der Waals surface area contributed by atoms with E-state index in [1.54, 1.807) is 6.07 Å². The number of carbonyl (C=O) groups is 1. The van der Waals surface area contributed by atoms with Gasteiger partial charge in [-0.15, -0.1) is 5.10 Å². The minimum absolute atomic E-state index is 0.302. The SMILES string of the molecule is O=C(O)N1CCc2nnc(Cl)cc2C1. The van der Waals surface area contributed by atoms with Crippen LogP contribution in [0.15, 0.2) is 6.07 Å². The molecular weight excluding hydrogens is 206 g/mol. The van der Waals surface area contributed by atoms with E-state index < -0.39 is 6.09 Å². The van der Waals surface area contributed by atoms with Crippen LogP contribution < -0.4 is 0 Å². The highest BCUT2D eigenvalue weighted by Gasteiger charge is 2.21. The summed E-state index contributed by atoms with van der Waals surface area (Å²) in [5.74, 6) is 0. The average molecular weight is 214 g/mol. The Morgan fingerprint density at radius 1 is 1.57 bits per heavy atom. The minimum Gasteiger partial charge on any atom is -0.465 e. The first-order valence-corrected chi connectivity index (χ1v) is 4.53. The van der Waals surface area contributed by atoms with Crippen LogP contribution in [0.4, 0.5) is 4.79 Å². The summed E-state index contributed by atoms with van der Waals surface area (Å²) in [4.78, 5) is 12.0. The summed E-state index contributed by atoms with van der Waals surface area (Å²) in [6, 6.07) is 1.67. The molecule has 0 bridgehead atoms. The first-order chi connectivity index (χ1) is 6.66. The van der Waals surface area contributed by atoms with Crippen molar-refractivity contribution in [1.29, 1.82) is 0 Å². The van der Waals surface area contributed by atoms with Crippen LogP contribution in [0.5, 0.6) is 0 Å². The Labute approximate surface area is 85.3 Å². The lowest BCUT2D eigenvalue weighted by Gasteiger charge is -2.24. The molecule has 0 saturated carbocycles. The fourth-order valence-electron chi connectivity index (χ4n) is 1.46. The van der Waals surface area contributed by atoms with Crippen molar-refractivity contribution in [3.63, 3.8) is 0 Å². The van der Waals surface area contributed by atoms with E-state index in [1.807, 2.05) is 0 Å². The maximum absolute atomic E-state index is 10.7. The monoisotopic (exact) mass is 213 g/mol. The quantitative estimate of drug-likeness (QED) is 0.703. The highest BCUT2D eigenvalue weighted by molar-refractivity contribution is 6.29. The minimum atomic E-state index is -0.913. The van der Waals surface area contributed by atoms with Gasteiger partial charge in [-0.05, 0) is 11.6 Å². The lowest BCUT2D eigenvalue weighted by Crippen LogP contribution is -2.35. The molecule has 1 aliphatic heterocycles. The van der Waals surface area contributed by atoms with Gasteiger partial charge in [-0.3, -0.25) is 0 Å². The predicted octanol–water partition coefficient (Wildman–Crippen LogP) is 1.17. The molecule has 1 N–H and O–H groups in total. The predicted molar refractivity (Wildman–Crippen MR) is 49.2 cm³/mol. The molecular formula is C8H8ClN3O2. The second-order valence-electron chi connectivity index (χ2n) is 3.09. The number of hydrogen-bond donors (Lipinski definition) is 1. The number of nitrogens with zero attached hydrogens (tertiary/aromatic N) is 3. The molecule has 1 aromatic rings. The molecule has 0 aliphatic carbocycles. The highest BCUT2D eigenvalue weighted by atomic mass is 35.5. The number of amides is 1. The van der Waals surface area contributed by atoms with Gasteiger partial charge in [0.25, 0.3) is 0 Å². The van der Waals surface area contributed by atoms with Crippen molar-refractivity contribution in [3.8, 4) is 0 Å². The Hall–Kier alpha value is -1.36. The van der Waals surface area contributed by atoms with Crippen LogP contribution in [-0.2, 0) is 13.0 Å². The molecule has 14 heavy (non-hydrogen) atoms. The first-order valence-electron chi connectivity index (χ1n) is 4.15. The van der Waals surface area contributed by atoms with Crippen LogP contribution in [0, 0.1) is 0 Å². The maximum Gasteiger partial charge on any atom is 0.407 e. The largest absolute Gasteiger partial charge is 0.465 e. The highest BCUT2D eigenvalue weighted by Crippen LogP contribution is 2.18. The molecule has 0 atom stereocenters. The number of aromatic nitrogens is 2. The number of halogens is 1. The first kappa shape index (κ1) is 9.21. The van der Waals surface area contributed by atoms with Gasteiger partial charge in [0, 0.05) is 13.0 Å². The summed E-state index contributed by atoms with van der Waals surface area (Å²) in [5, 5.41) is 16.7. The van der Waals surface area contributed by atoms with E-state index in [-0.39, 0.29) is 0 Å². The van der Waals surface area contributed by atoms with E-state index in [1.165, 1.54) is 4.90 Å². The zero-order valence-corrected chi connectivity index (χ0v) is 8.03. The topological polar surface area (TPSA) is 66.3 Å².